The quantitative estimate of drug-likeness (QED) is 0.332. The van der Waals surface area contributed by atoms with Gasteiger partial charge in [-0.05, 0) is 52.4 Å². The minimum Gasteiger partial charge on any atom is -0.466 e. The highest BCUT2D eigenvalue weighted by Crippen LogP contribution is 2.63. The number of amides is 2. The lowest BCUT2D eigenvalue weighted by Crippen LogP contribution is -2.60. The maximum atomic E-state index is 14.4. The number of hydrogen-bond acceptors (Lipinski definition) is 6. The average Bonchev–Trinajstić information content (AvgIpc) is 3.36. The molecule has 8 nitrogen and oxygen atoms in total. The van der Waals surface area contributed by atoms with Gasteiger partial charge in [-0.2, -0.15) is 0 Å². The first kappa shape index (κ1) is 27.7. The highest BCUT2D eigenvalue weighted by molar-refractivity contribution is 5.98. The molecule has 7 atom stereocenters. The van der Waals surface area contributed by atoms with Crippen LogP contribution in [0.3, 0.4) is 0 Å². The van der Waals surface area contributed by atoms with E-state index in [1.165, 1.54) is 0 Å². The second kappa shape index (κ2) is 10.6. The lowest BCUT2D eigenvalue weighted by molar-refractivity contribution is -0.162. The first-order valence-corrected chi connectivity index (χ1v) is 13.2. The van der Waals surface area contributed by atoms with Crippen LogP contribution in [0.25, 0.3) is 0 Å². The normalized spacial score (nSPS) is 33.1. The predicted octanol–water partition coefficient (Wildman–Crippen LogP) is 2.92. The number of nitrogens with zero attached hydrogens (tertiary/aromatic N) is 2. The van der Waals surface area contributed by atoms with Crippen LogP contribution in [-0.2, 0) is 23.9 Å². The number of carbonyl (C=O) groups is 3. The zero-order valence-corrected chi connectivity index (χ0v) is 22.3. The number of esters is 1. The molecule has 3 heterocycles. The monoisotopic (exact) mass is 492 g/mol. The van der Waals surface area contributed by atoms with Gasteiger partial charge in [-0.25, -0.2) is 0 Å². The van der Waals surface area contributed by atoms with Crippen LogP contribution in [0.4, 0.5) is 0 Å². The van der Waals surface area contributed by atoms with Gasteiger partial charge in [-0.15, -0.1) is 6.58 Å². The van der Waals surface area contributed by atoms with Gasteiger partial charge >= 0.3 is 5.97 Å². The second-order valence-corrected chi connectivity index (χ2v) is 11.1. The van der Waals surface area contributed by atoms with Crippen LogP contribution >= 0.6 is 0 Å². The van der Waals surface area contributed by atoms with Crippen LogP contribution in [0.2, 0.25) is 0 Å². The fourth-order valence-electron chi connectivity index (χ4n) is 6.80. The maximum absolute atomic E-state index is 14.4. The van der Waals surface area contributed by atoms with E-state index < -0.39 is 41.1 Å². The SMILES string of the molecule is C=CCN(C(=O)C1N([C@@H](CO)CC(C)C)C(=O)[C@@H]2[C@H](C(=O)OCC)[C@]3(C)CCC12O3)C(C)CCC. The van der Waals surface area contributed by atoms with Crippen molar-refractivity contribution in [3.8, 4) is 0 Å². The Balaban J connectivity index is 2.14. The molecule has 1 spiro atoms. The Morgan fingerprint density at radius 1 is 1.31 bits per heavy atom. The molecule has 0 aromatic rings. The van der Waals surface area contributed by atoms with Gasteiger partial charge in [-0.1, -0.05) is 33.3 Å². The summed E-state index contributed by atoms with van der Waals surface area (Å²) < 4.78 is 12.0. The minimum absolute atomic E-state index is 0.0504. The van der Waals surface area contributed by atoms with E-state index in [1.807, 2.05) is 27.7 Å². The molecule has 3 aliphatic heterocycles. The number of fused-ring (bicyclic) bond motifs is 1. The third kappa shape index (κ3) is 4.52. The zero-order chi connectivity index (χ0) is 26.1. The Labute approximate surface area is 210 Å². The smallest absolute Gasteiger partial charge is 0.312 e. The van der Waals surface area contributed by atoms with Crippen molar-refractivity contribution in [2.24, 2.45) is 17.8 Å². The van der Waals surface area contributed by atoms with E-state index in [4.69, 9.17) is 9.47 Å². The molecule has 3 fully saturated rings. The fourth-order valence-corrected chi connectivity index (χ4v) is 6.80. The van der Waals surface area contributed by atoms with Crippen molar-refractivity contribution in [3.63, 3.8) is 0 Å². The molecule has 0 aliphatic carbocycles. The number of aliphatic hydroxyl groups excluding tert-OH is 1. The molecule has 35 heavy (non-hydrogen) atoms. The molecule has 3 saturated heterocycles. The first-order chi connectivity index (χ1) is 16.5. The van der Waals surface area contributed by atoms with Gasteiger partial charge in [-0.3, -0.25) is 14.4 Å². The summed E-state index contributed by atoms with van der Waals surface area (Å²) in [5.74, 6) is -2.31. The van der Waals surface area contributed by atoms with Gasteiger partial charge in [0.25, 0.3) is 0 Å². The van der Waals surface area contributed by atoms with Gasteiger partial charge in [0, 0.05) is 12.6 Å². The zero-order valence-electron chi connectivity index (χ0n) is 22.3. The molecule has 3 unspecified atom stereocenters. The average molecular weight is 493 g/mol. The van der Waals surface area contributed by atoms with Gasteiger partial charge in [0.1, 0.15) is 17.6 Å². The van der Waals surface area contributed by atoms with Crippen LogP contribution in [-0.4, -0.2) is 81.8 Å². The summed E-state index contributed by atoms with van der Waals surface area (Å²) in [5, 5.41) is 10.4. The largest absolute Gasteiger partial charge is 0.466 e. The molecule has 1 N–H and O–H groups in total. The summed E-state index contributed by atoms with van der Waals surface area (Å²) in [4.78, 5) is 45.0. The van der Waals surface area contributed by atoms with Gasteiger partial charge in [0.15, 0.2) is 0 Å². The van der Waals surface area contributed by atoms with Crippen molar-refractivity contribution < 1.29 is 29.0 Å². The van der Waals surface area contributed by atoms with Crippen molar-refractivity contribution in [1.29, 1.82) is 0 Å². The molecule has 0 aromatic carbocycles. The van der Waals surface area contributed by atoms with Gasteiger partial charge < -0.3 is 24.4 Å². The summed E-state index contributed by atoms with van der Waals surface area (Å²) in [6.45, 7) is 15.9. The number of hydrogen-bond donors (Lipinski definition) is 1. The summed E-state index contributed by atoms with van der Waals surface area (Å²) >= 11 is 0. The number of rotatable bonds is 12. The summed E-state index contributed by atoms with van der Waals surface area (Å²) in [7, 11) is 0. The van der Waals surface area contributed by atoms with E-state index in [9.17, 15) is 19.5 Å². The molecular formula is C27H44N2O6. The van der Waals surface area contributed by atoms with Crippen LogP contribution in [0.5, 0.6) is 0 Å². The molecule has 2 amide bonds. The van der Waals surface area contributed by atoms with Crippen molar-refractivity contribution >= 4 is 17.8 Å². The number of carbonyl (C=O) groups excluding carboxylic acids is 3. The lowest BCUT2D eigenvalue weighted by atomic mass is 9.66. The van der Waals surface area contributed by atoms with Crippen molar-refractivity contribution in [2.45, 2.75) is 103 Å². The molecule has 8 heteroatoms. The van der Waals surface area contributed by atoms with Crippen molar-refractivity contribution in [1.82, 2.24) is 9.80 Å². The van der Waals surface area contributed by atoms with E-state index in [-0.39, 0.29) is 37.0 Å². The van der Waals surface area contributed by atoms with Crippen LogP contribution in [0.1, 0.15) is 73.6 Å². The molecular weight excluding hydrogens is 448 g/mol. The molecule has 198 valence electrons. The second-order valence-electron chi connectivity index (χ2n) is 11.1. The van der Waals surface area contributed by atoms with E-state index in [0.29, 0.717) is 25.8 Å². The Morgan fingerprint density at radius 2 is 2.00 bits per heavy atom. The molecule has 0 aromatic heterocycles. The lowest BCUT2D eigenvalue weighted by Gasteiger charge is -2.41. The minimum atomic E-state index is -1.11. The van der Waals surface area contributed by atoms with Crippen LogP contribution in [0, 0.1) is 17.8 Å². The van der Waals surface area contributed by atoms with E-state index in [2.05, 4.69) is 13.5 Å². The third-order valence-electron chi connectivity index (χ3n) is 8.18. The molecule has 3 rings (SSSR count). The van der Waals surface area contributed by atoms with E-state index in [0.717, 1.165) is 12.8 Å². The van der Waals surface area contributed by atoms with E-state index in [1.54, 1.807) is 22.8 Å². The van der Waals surface area contributed by atoms with Crippen LogP contribution in [0.15, 0.2) is 12.7 Å². The standard InChI is InChI=1S/C27H44N2O6/c1-8-11-18(6)28(14-9-2)24(32)22-27-13-12-26(7,35-27)21(25(33)34-10-3)20(27)23(31)29(22)19(16-30)15-17(4)5/h9,17-22,30H,2,8,10-16H2,1,3-7H3/t18?,19-,20+,21-,22?,26+,27?/m1/s1. The molecule has 2 bridgehead atoms. The molecule has 0 saturated carbocycles. The Hall–Kier alpha value is -1.93. The Kier molecular flexibility index (Phi) is 8.37. The van der Waals surface area contributed by atoms with Gasteiger partial charge in [0.05, 0.1) is 30.8 Å². The first-order valence-electron chi connectivity index (χ1n) is 13.2. The Bertz CT molecular complexity index is 830. The number of ether oxygens (including phenoxy) is 2. The topological polar surface area (TPSA) is 96.4 Å². The van der Waals surface area contributed by atoms with Crippen molar-refractivity contribution in [2.75, 3.05) is 19.8 Å². The summed E-state index contributed by atoms with van der Waals surface area (Å²) in [6.07, 6.45) is 5.05. The Morgan fingerprint density at radius 3 is 2.54 bits per heavy atom. The number of aliphatic hydroxyl groups is 1. The van der Waals surface area contributed by atoms with Crippen molar-refractivity contribution in [3.05, 3.63) is 12.7 Å². The summed E-state index contributed by atoms with van der Waals surface area (Å²) in [6, 6.07) is -1.50. The molecule has 0 radical (unpaired) electrons. The fraction of sp³-hybridized carbons (Fsp3) is 0.815. The third-order valence-corrected chi connectivity index (χ3v) is 8.18. The summed E-state index contributed by atoms with van der Waals surface area (Å²) in [5.41, 5.74) is -1.97. The predicted molar refractivity (Wildman–Crippen MR) is 132 cm³/mol. The maximum Gasteiger partial charge on any atom is 0.312 e. The van der Waals surface area contributed by atoms with E-state index >= 15 is 0 Å². The highest BCUT2D eigenvalue weighted by atomic mass is 16.6. The van der Waals surface area contributed by atoms with Gasteiger partial charge in [0.2, 0.25) is 11.8 Å². The number of likely N-dealkylation sites (tertiary alicyclic amines) is 1. The molecule has 3 aliphatic rings. The highest BCUT2D eigenvalue weighted by Gasteiger charge is 2.79. The van der Waals surface area contributed by atoms with Crippen LogP contribution < -0.4 is 0 Å².